The smallest absolute Gasteiger partial charge is 0.377 e. The molecule has 0 aliphatic rings. The van der Waals surface area contributed by atoms with Gasteiger partial charge in [0.2, 0.25) is 0 Å². The van der Waals surface area contributed by atoms with E-state index in [1.54, 1.807) is 14.2 Å². The van der Waals surface area contributed by atoms with Gasteiger partial charge in [-0.15, -0.1) is 0 Å². The van der Waals surface area contributed by atoms with E-state index >= 15 is 0 Å². The molecule has 3 nitrogen and oxygen atoms in total. The third kappa shape index (κ3) is 5.10. The molecule has 0 amide bonds. The molecule has 0 saturated heterocycles. The van der Waals surface area contributed by atoms with Gasteiger partial charge in [-0.05, 0) is 43.9 Å². The summed E-state index contributed by atoms with van der Waals surface area (Å²) >= 11 is 0. The fraction of sp³-hybridized carbons (Fsp3) is 0.571. The van der Waals surface area contributed by atoms with E-state index in [1.165, 1.54) is 0 Å². The minimum atomic E-state index is -2.62. The maximum Gasteiger partial charge on any atom is 0.500 e. The molecule has 0 fully saturated rings. The van der Waals surface area contributed by atoms with Crippen molar-refractivity contribution < 1.29 is 26.4 Å². The van der Waals surface area contributed by atoms with Gasteiger partial charge in [-0.3, -0.25) is 0 Å². The summed E-state index contributed by atoms with van der Waals surface area (Å²) in [6.07, 6.45) is 1.87. The molecule has 0 aliphatic heterocycles. The number of rotatable bonds is 9. The van der Waals surface area contributed by atoms with Crippen LogP contribution in [-0.4, -0.2) is 29.6 Å². The van der Waals surface area contributed by atoms with E-state index in [0.29, 0.717) is 31.1 Å². The van der Waals surface area contributed by atoms with Crippen molar-refractivity contribution in [3.63, 3.8) is 0 Å². The molecule has 0 unspecified atom stereocenters. The van der Waals surface area contributed by atoms with Crippen LogP contribution < -0.4 is 0 Å². The topological polar surface area (TPSA) is 27.7 Å². The van der Waals surface area contributed by atoms with Crippen LogP contribution in [0, 0.1) is 17.5 Å². The summed E-state index contributed by atoms with van der Waals surface area (Å²) in [7, 11) is 0.483. The van der Waals surface area contributed by atoms with Gasteiger partial charge in [-0.2, -0.15) is 0 Å². The van der Waals surface area contributed by atoms with E-state index in [1.807, 2.05) is 6.92 Å². The first-order valence-electron chi connectivity index (χ1n) is 6.85. The number of benzene rings is 1. The molecular weight excluding hydrogens is 301 g/mol. The second-order valence-corrected chi connectivity index (χ2v) is 7.58. The van der Waals surface area contributed by atoms with Gasteiger partial charge >= 0.3 is 8.80 Å². The van der Waals surface area contributed by atoms with E-state index in [2.05, 4.69) is 0 Å². The van der Waals surface area contributed by atoms with Crippen LogP contribution >= 0.6 is 0 Å². The zero-order valence-corrected chi connectivity index (χ0v) is 13.5. The summed E-state index contributed by atoms with van der Waals surface area (Å²) in [6.45, 7) is 2.37. The predicted octanol–water partition coefficient (Wildman–Crippen LogP) is 3.69. The Morgan fingerprint density at radius 2 is 1.57 bits per heavy atom. The quantitative estimate of drug-likeness (QED) is 0.394. The van der Waals surface area contributed by atoms with Gasteiger partial charge in [0.1, 0.15) is 0 Å². The van der Waals surface area contributed by atoms with E-state index in [0.717, 1.165) is 18.6 Å². The first-order valence-corrected chi connectivity index (χ1v) is 8.79. The summed E-state index contributed by atoms with van der Waals surface area (Å²) in [4.78, 5) is 0. The highest BCUT2D eigenvalue weighted by Gasteiger charge is 2.37. The van der Waals surface area contributed by atoms with E-state index in [9.17, 15) is 13.2 Å². The molecule has 0 saturated carbocycles. The lowest BCUT2D eigenvalue weighted by Crippen LogP contribution is -2.43. The standard InChI is InChI=1S/C14H21F3O3Si/c1-4-20-21(18-2,19-3)8-6-5-7-11-9-12(15)14(17)13(16)10-11/h9-10H,4-8H2,1-3H3. The Morgan fingerprint density at radius 1 is 1.00 bits per heavy atom. The Labute approximate surface area is 124 Å². The zero-order chi connectivity index (χ0) is 15.9. The molecule has 7 heteroatoms. The largest absolute Gasteiger partial charge is 0.500 e. The second kappa shape index (κ2) is 8.53. The molecule has 0 heterocycles. The van der Waals surface area contributed by atoms with Gasteiger partial charge in [0.25, 0.3) is 0 Å². The fourth-order valence-corrected chi connectivity index (χ4v) is 4.20. The highest BCUT2D eigenvalue weighted by Crippen LogP contribution is 2.20. The van der Waals surface area contributed by atoms with Crippen LogP contribution in [0.2, 0.25) is 6.04 Å². The van der Waals surface area contributed by atoms with Crippen molar-refractivity contribution in [1.82, 2.24) is 0 Å². The highest BCUT2D eigenvalue weighted by molar-refractivity contribution is 6.60. The number of hydrogen-bond donors (Lipinski definition) is 0. The van der Waals surface area contributed by atoms with Crippen LogP contribution in [-0.2, 0) is 19.7 Å². The number of hydrogen-bond acceptors (Lipinski definition) is 3. The highest BCUT2D eigenvalue weighted by atomic mass is 28.4. The molecule has 0 bridgehead atoms. The van der Waals surface area contributed by atoms with Crippen molar-refractivity contribution in [3.05, 3.63) is 35.1 Å². The Hall–Kier alpha value is -0.893. The molecule has 21 heavy (non-hydrogen) atoms. The summed E-state index contributed by atoms with van der Waals surface area (Å²) in [6, 6.07) is 2.68. The minimum absolute atomic E-state index is 0.435. The number of unbranched alkanes of at least 4 members (excludes halogenated alkanes) is 1. The third-order valence-electron chi connectivity index (χ3n) is 3.23. The zero-order valence-electron chi connectivity index (χ0n) is 12.5. The monoisotopic (exact) mass is 322 g/mol. The average Bonchev–Trinajstić information content (AvgIpc) is 2.48. The molecule has 0 N–H and O–H groups in total. The molecule has 0 spiro atoms. The van der Waals surface area contributed by atoms with Gasteiger partial charge in [0.15, 0.2) is 17.5 Å². The van der Waals surface area contributed by atoms with Gasteiger partial charge in [-0.1, -0.05) is 0 Å². The average molecular weight is 322 g/mol. The van der Waals surface area contributed by atoms with Crippen molar-refractivity contribution >= 4 is 8.80 Å². The Balaban J connectivity index is 2.50. The lowest BCUT2D eigenvalue weighted by Gasteiger charge is -2.25. The first kappa shape index (κ1) is 18.2. The molecule has 0 atom stereocenters. The fourth-order valence-electron chi connectivity index (χ4n) is 2.12. The summed E-state index contributed by atoms with van der Waals surface area (Å²) in [5, 5.41) is 0. The third-order valence-corrected chi connectivity index (χ3v) is 6.17. The van der Waals surface area contributed by atoms with Crippen LogP contribution in [0.3, 0.4) is 0 Å². The molecule has 0 aliphatic carbocycles. The SMILES string of the molecule is CCO[Si](CCCCc1cc(F)c(F)c(F)c1)(OC)OC. The van der Waals surface area contributed by atoms with Crippen molar-refractivity contribution in [1.29, 1.82) is 0 Å². The molecule has 120 valence electrons. The maximum absolute atomic E-state index is 13.1. The van der Waals surface area contributed by atoms with Gasteiger partial charge in [-0.25, -0.2) is 13.2 Å². The van der Waals surface area contributed by atoms with E-state index in [4.69, 9.17) is 13.3 Å². The molecule has 0 aromatic heterocycles. The second-order valence-electron chi connectivity index (χ2n) is 4.60. The summed E-state index contributed by atoms with van der Waals surface area (Å²) < 4.78 is 55.3. The lowest BCUT2D eigenvalue weighted by molar-refractivity contribution is 0.103. The van der Waals surface area contributed by atoms with E-state index < -0.39 is 26.3 Å². The van der Waals surface area contributed by atoms with Crippen molar-refractivity contribution in [2.45, 2.75) is 32.2 Å². The number of aryl methyl sites for hydroxylation is 1. The molecule has 0 radical (unpaired) electrons. The van der Waals surface area contributed by atoms with Crippen molar-refractivity contribution in [3.8, 4) is 0 Å². The van der Waals surface area contributed by atoms with Gasteiger partial charge in [0.05, 0.1) is 0 Å². The van der Waals surface area contributed by atoms with Gasteiger partial charge < -0.3 is 13.3 Å². The molecule has 1 aromatic carbocycles. The Kier molecular flexibility index (Phi) is 7.37. The molecule has 1 aromatic rings. The molecule has 1 rings (SSSR count). The van der Waals surface area contributed by atoms with Crippen LogP contribution in [0.5, 0.6) is 0 Å². The van der Waals surface area contributed by atoms with Crippen LogP contribution in [0.4, 0.5) is 13.2 Å². The lowest BCUT2D eigenvalue weighted by atomic mass is 10.1. The Bertz CT molecular complexity index is 430. The van der Waals surface area contributed by atoms with Crippen LogP contribution in [0.1, 0.15) is 25.3 Å². The molecular formula is C14H21F3O3Si. The van der Waals surface area contributed by atoms with Crippen molar-refractivity contribution in [2.24, 2.45) is 0 Å². The Morgan fingerprint density at radius 3 is 2.05 bits per heavy atom. The maximum atomic E-state index is 13.1. The summed E-state index contributed by atoms with van der Waals surface area (Å²) in [5.74, 6) is -3.74. The normalized spacial score (nSPS) is 11.9. The number of halogens is 3. The summed E-state index contributed by atoms with van der Waals surface area (Å²) in [5.41, 5.74) is 0.435. The van der Waals surface area contributed by atoms with Gasteiger partial charge in [0, 0.05) is 26.9 Å². The van der Waals surface area contributed by atoms with Crippen LogP contribution in [0.25, 0.3) is 0 Å². The first-order chi connectivity index (χ1) is 9.98. The van der Waals surface area contributed by atoms with Crippen LogP contribution in [0.15, 0.2) is 12.1 Å². The predicted molar refractivity (Wildman–Crippen MR) is 75.5 cm³/mol. The van der Waals surface area contributed by atoms with E-state index in [-0.39, 0.29) is 0 Å². The van der Waals surface area contributed by atoms with Crippen molar-refractivity contribution in [2.75, 3.05) is 20.8 Å². The minimum Gasteiger partial charge on any atom is -0.377 e.